The summed E-state index contributed by atoms with van der Waals surface area (Å²) in [5.74, 6) is 0. The second-order valence-corrected chi connectivity index (χ2v) is 12.4. The van der Waals surface area contributed by atoms with Crippen LogP contribution in [-0.2, 0) is 9.16 Å². The van der Waals surface area contributed by atoms with Crippen LogP contribution in [0.2, 0.25) is 18.1 Å². The number of rotatable bonds is 10. The van der Waals surface area contributed by atoms with Gasteiger partial charge in [0.2, 0.25) is 0 Å². The van der Waals surface area contributed by atoms with Crippen molar-refractivity contribution in [3.8, 4) is 0 Å². The highest BCUT2D eigenvalue weighted by atomic mass is 79.9. The Morgan fingerprint density at radius 3 is 2.15 bits per heavy atom. The molecule has 0 aliphatic carbocycles. The summed E-state index contributed by atoms with van der Waals surface area (Å²) in [6, 6.07) is 3.70. The number of hydrogen-bond acceptors (Lipinski definition) is 2. The molecule has 0 amide bonds. The van der Waals surface area contributed by atoms with Gasteiger partial charge in [0, 0.05) is 5.33 Å². The Labute approximate surface area is 135 Å². The summed E-state index contributed by atoms with van der Waals surface area (Å²) in [7, 11) is -1.49. The zero-order chi connectivity index (χ0) is 15.4. The van der Waals surface area contributed by atoms with Crippen LogP contribution in [0, 0.1) is 0 Å². The van der Waals surface area contributed by atoms with Gasteiger partial charge in [-0.15, -0.1) is 0 Å². The van der Waals surface area contributed by atoms with Gasteiger partial charge in [-0.05, 0) is 58.2 Å². The number of epoxide rings is 1. The van der Waals surface area contributed by atoms with E-state index < -0.39 is 8.32 Å². The SMILES string of the molecule is CC[Si](CC)(CC)OC(C)(C)CCC[C@]1(C)O[C@H]1CBr. The zero-order valence-electron chi connectivity index (χ0n) is 14.2. The molecule has 1 saturated heterocycles. The first-order valence-corrected chi connectivity index (χ1v) is 11.9. The molecule has 0 N–H and O–H groups in total. The summed E-state index contributed by atoms with van der Waals surface area (Å²) < 4.78 is 12.4. The first-order chi connectivity index (χ1) is 9.26. The Bertz CT molecular complexity index is 297. The summed E-state index contributed by atoms with van der Waals surface area (Å²) in [4.78, 5) is 0. The molecule has 1 aliphatic rings. The van der Waals surface area contributed by atoms with E-state index in [0.717, 1.165) is 18.2 Å². The van der Waals surface area contributed by atoms with E-state index in [9.17, 15) is 0 Å². The molecule has 1 rings (SSSR count). The molecular weight excluding hydrogens is 332 g/mol. The van der Waals surface area contributed by atoms with Gasteiger partial charge in [-0.2, -0.15) is 0 Å². The fourth-order valence-electron chi connectivity index (χ4n) is 3.17. The molecule has 0 spiro atoms. The van der Waals surface area contributed by atoms with E-state index >= 15 is 0 Å². The molecule has 0 aromatic rings. The third kappa shape index (κ3) is 4.82. The minimum absolute atomic E-state index is 0.0173. The summed E-state index contributed by atoms with van der Waals surface area (Å²) in [6.07, 6.45) is 3.89. The molecule has 0 radical (unpaired) electrons. The van der Waals surface area contributed by atoms with Crippen LogP contribution < -0.4 is 0 Å². The van der Waals surface area contributed by atoms with Crippen molar-refractivity contribution < 1.29 is 9.16 Å². The van der Waals surface area contributed by atoms with Gasteiger partial charge in [0.1, 0.15) is 0 Å². The monoisotopic (exact) mass is 364 g/mol. The maximum absolute atomic E-state index is 6.65. The summed E-state index contributed by atoms with van der Waals surface area (Å²) in [6.45, 7) is 13.7. The normalized spacial score (nSPS) is 26.9. The Morgan fingerprint density at radius 2 is 1.75 bits per heavy atom. The van der Waals surface area contributed by atoms with E-state index in [4.69, 9.17) is 9.16 Å². The Morgan fingerprint density at radius 1 is 1.20 bits per heavy atom. The second kappa shape index (κ2) is 7.25. The van der Waals surface area contributed by atoms with Crippen molar-refractivity contribution in [2.75, 3.05) is 5.33 Å². The molecule has 0 aromatic heterocycles. The van der Waals surface area contributed by atoms with Crippen molar-refractivity contribution in [2.45, 2.75) is 96.2 Å². The molecule has 120 valence electrons. The van der Waals surface area contributed by atoms with Crippen LogP contribution >= 0.6 is 15.9 Å². The zero-order valence-corrected chi connectivity index (χ0v) is 16.8. The largest absolute Gasteiger partial charge is 0.412 e. The van der Waals surface area contributed by atoms with Crippen LogP contribution in [0.15, 0.2) is 0 Å². The fraction of sp³-hybridized carbons (Fsp3) is 1.00. The average Bonchev–Trinajstić information content (AvgIpc) is 3.07. The van der Waals surface area contributed by atoms with Gasteiger partial charge in [0.25, 0.3) is 0 Å². The van der Waals surface area contributed by atoms with E-state index in [0.29, 0.717) is 6.10 Å². The molecule has 0 unspecified atom stereocenters. The first kappa shape index (κ1) is 18.7. The average molecular weight is 365 g/mol. The number of hydrogen-bond donors (Lipinski definition) is 0. The summed E-state index contributed by atoms with van der Waals surface area (Å²) in [5, 5.41) is 0.959. The number of ether oxygens (including phenoxy) is 1. The van der Waals surface area contributed by atoms with Crippen LogP contribution in [0.1, 0.15) is 60.8 Å². The molecule has 2 atom stereocenters. The maximum Gasteiger partial charge on any atom is 0.192 e. The lowest BCUT2D eigenvalue weighted by Crippen LogP contribution is -2.44. The van der Waals surface area contributed by atoms with Crippen LogP contribution in [0.25, 0.3) is 0 Å². The van der Waals surface area contributed by atoms with Gasteiger partial charge in [0.15, 0.2) is 8.32 Å². The Hall–Kier alpha value is 0.617. The topological polar surface area (TPSA) is 21.8 Å². The lowest BCUT2D eigenvalue weighted by atomic mass is 9.95. The third-order valence-electron chi connectivity index (χ3n) is 5.05. The summed E-state index contributed by atoms with van der Waals surface area (Å²) in [5.41, 5.74) is 0.137. The van der Waals surface area contributed by atoms with E-state index in [2.05, 4.69) is 57.5 Å². The Balaban J connectivity index is 2.41. The van der Waals surface area contributed by atoms with Crippen molar-refractivity contribution in [1.82, 2.24) is 0 Å². The maximum atomic E-state index is 6.65. The van der Waals surface area contributed by atoms with E-state index in [-0.39, 0.29) is 11.2 Å². The highest BCUT2D eigenvalue weighted by Crippen LogP contribution is 2.42. The van der Waals surface area contributed by atoms with Gasteiger partial charge in [-0.25, -0.2) is 0 Å². The van der Waals surface area contributed by atoms with Gasteiger partial charge in [-0.3, -0.25) is 0 Å². The predicted molar refractivity (Wildman–Crippen MR) is 93.3 cm³/mol. The van der Waals surface area contributed by atoms with Crippen molar-refractivity contribution >= 4 is 24.2 Å². The van der Waals surface area contributed by atoms with Crippen molar-refractivity contribution in [3.63, 3.8) is 0 Å². The van der Waals surface area contributed by atoms with Gasteiger partial charge in [0.05, 0.1) is 17.3 Å². The molecule has 0 saturated carbocycles. The molecule has 4 heteroatoms. The quantitative estimate of drug-likeness (QED) is 0.289. The molecule has 0 bridgehead atoms. The first-order valence-electron chi connectivity index (χ1n) is 8.20. The standard InChI is InChI=1S/C16H33BrO2Si/c1-7-20(8-2,9-3)19-15(4,5)11-10-12-16(6)14(13-17)18-16/h14H,7-13H2,1-6H3/t14-,16-/m0/s1. The fourth-order valence-corrected chi connectivity index (χ4v) is 7.20. The molecule has 20 heavy (non-hydrogen) atoms. The van der Waals surface area contributed by atoms with Crippen molar-refractivity contribution in [1.29, 1.82) is 0 Å². The second-order valence-electron chi connectivity index (χ2n) is 7.03. The van der Waals surface area contributed by atoms with Crippen LogP contribution in [-0.4, -0.2) is 31.0 Å². The van der Waals surface area contributed by atoms with Gasteiger partial charge >= 0.3 is 0 Å². The van der Waals surface area contributed by atoms with Crippen LogP contribution in [0.3, 0.4) is 0 Å². The van der Waals surface area contributed by atoms with Crippen molar-refractivity contribution in [2.24, 2.45) is 0 Å². The summed E-state index contributed by atoms with van der Waals surface area (Å²) >= 11 is 3.51. The van der Waals surface area contributed by atoms with E-state index in [1.54, 1.807) is 0 Å². The highest BCUT2D eigenvalue weighted by Gasteiger charge is 2.50. The number of alkyl halides is 1. The van der Waals surface area contributed by atoms with Gasteiger partial charge < -0.3 is 9.16 Å². The smallest absolute Gasteiger partial charge is 0.192 e. The van der Waals surface area contributed by atoms with E-state index in [1.807, 2.05) is 0 Å². The third-order valence-corrected chi connectivity index (χ3v) is 10.5. The molecule has 1 heterocycles. The number of halogens is 1. The molecular formula is C16H33BrO2Si. The van der Waals surface area contributed by atoms with E-state index in [1.165, 1.54) is 24.6 Å². The lowest BCUT2D eigenvalue weighted by molar-refractivity contribution is 0.0807. The molecule has 1 fully saturated rings. The predicted octanol–water partition coefficient (Wildman–Crippen LogP) is 5.51. The lowest BCUT2D eigenvalue weighted by Gasteiger charge is -2.38. The Kier molecular flexibility index (Phi) is 6.77. The molecule has 0 aromatic carbocycles. The molecule has 2 nitrogen and oxygen atoms in total. The van der Waals surface area contributed by atoms with Crippen molar-refractivity contribution in [3.05, 3.63) is 0 Å². The van der Waals surface area contributed by atoms with Crippen LogP contribution in [0.5, 0.6) is 0 Å². The molecule has 1 aliphatic heterocycles. The minimum atomic E-state index is -1.49. The minimum Gasteiger partial charge on any atom is -0.412 e. The van der Waals surface area contributed by atoms with Gasteiger partial charge in [-0.1, -0.05) is 36.7 Å². The van der Waals surface area contributed by atoms with Crippen LogP contribution in [0.4, 0.5) is 0 Å². The highest BCUT2D eigenvalue weighted by molar-refractivity contribution is 9.09.